The largest absolute Gasteiger partial charge is 0.433 e. The number of amides is 1. The molecule has 2 N–H and O–H groups in total. The van der Waals surface area contributed by atoms with Gasteiger partial charge >= 0.3 is 6.61 Å². The lowest BCUT2D eigenvalue weighted by Gasteiger charge is -2.10. The molecule has 6 nitrogen and oxygen atoms in total. The Morgan fingerprint density at radius 2 is 1.77 bits per heavy atom. The normalized spacial score (nSPS) is 11.7. The van der Waals surface area contributed by atoms with Crippen LogP contribution in [-0.4, -0.2) is 28.0 Å². The number of ether oxygens (including phenoxy) is 1. The monoisotopic (exact) mass is 382 g/mol. The molecule has 0 heterocycles. The summed E-state index contributed by atoms with van der Waals surface area (Å²) >= 11 is 0. The quantitative estimate of drug-likeness (QED) is 0.721. The number of benzene rings is 2. The highest BCUT2D eigenvalue weighted by atomic mass is 32.2. The molecule has 0 aliphatic rings. The molecule has 1 amide bonds. The number of alkyl halides is 2. The fourth-order valence-electron chi connectivity index (χ4n) is 1.99. The van der Waals surface area contributed by atoms with Crippen LogP contribution in [0.3, 0.4) is 0 Å². The third kappa shape index (κ3) is 5.36. The summed E-state index contributed by atoms with van der Waals surface area (Å²) in [5.41, 5.74) is 0.699. The fourth-order valence-corrected chi connectivity index (χ4v) is 2.72. The summed E-state index contributed by atoms with van der Waals surface area (Å²) in [5.74, 6) is -0.701. The molecule has 0 atom stereocenters. The molecule has 0 saturated heterocycles. The van der Waals surface area contributed by atoms with Crippen LogP contribution >= 0.6 is 0 Å². The van der Waals surface area contributed by atoms with Crippen LogP contribution in [0.15, 0.2) is 59.5 Å². The van der Waals surface area contributed by atoms with Gasteiger partial charge in [-0.05, 0) is 43.0 Å². The van der Waals surface area contributed by atoms with E-state index in [-0.39, 0.29) is 16.3 Å². The summed E-state index contributed by atoms with van der Waals surface area (Å²) in [6.45, 7) is -3.00. The van der Waals surface area contributed by atoms with E-state index in [1.54, 1.807) is 6.07 Å². The Hall–Kier alpha value is -2.78. The van der Waals surface area contributed by atoms with Crippen LogP contribution in [0.2, 0.25) is 0 Å². The van der Waals surface area contributed by atoms with Crippen LogP contribution in [0, 0.1) is 0 Å². The van der Waals surface area contributed by atoms with Gasteiger partial charge in [0, 0.05) is 6.08 Å². The van der Waals surface area contributed by atoms with Gasteiger partial charge in [-0.25, -0.2) is 13.1 Å². The number of sulfonamides is 1. The van der Waals surface area contributed by atoms with E-state index in [1.165, 1.54) is 61.7 Å². The van der Waals surface area contributed by atoms with Crippen molar-refractivity contribution < 1.29 is 26.7 Å². The highest BCUT2D eigenvalue weighted by Crippen LogP contribution is 2.25. The van der Waals surface area contributed by atoms with Gasteiger partial charge in [0.2, 0.25) is 15.9 Å². The molecule has 0 saturated carbocycles. The lowest BCUT2D eigenvalue weighted by atomic mass is 10.2. The SMILES string of the molecule is CNS(=O)(=O)c1ccc(/C=C/C(=O)Nc2ccccc2OC(F)F)cc1. The van der Waals surface area contributed by atoms with Crippen molar-refractivity contribution in [1.82, 2.24) is 4.72 Å². The van der Waals surface area contributed by atoms with Crippen molar-refractivity contribution in [3.63, 3.8) is 0 Å². The van der Waals surface area contributed by atoms with E-state index < -0.39 is 22.5 Å². The first kappa shape index (κ1) is 19.5. The molecule has 0 aliphatic heterocycles. The van der Waals surface area contributed by atoms with Gasteiger partial charge < -0.3 is 10.1 Å². The second-order valence-corrected chi connectivity index (χ2v) is 6.86. The van der Waals surface area contributed by atoms with Gasteiger partial charge in [0.1, 0.15) is 5.75 Å². The topological polar surface area (TPSA) is 84.5 Å². The Labute approximate surface area is 149 Å². The van der Waals surface area contributed by atoms with Gasteiger partial charge in [0.25, 0.3) is 0 Å². The second-order valence-electron chi connectivity index (χ2n) is 4.97. The highest BCUT2D eigenvalue weighted by molar-refractivity contribution is 7.89. The minimum atomic E-state index is -3.53. The van der Waals surface area contributed by atoms with Crippen LogP contribution in [0.5, 0.6) is 5.75 Å². The number of carbonyl (C=O) groups is 1. The molecule has 0 fully saturated rings. The first-order chi connectivity index (χ1) is 12.3. The zero-order chi connectivity index (χ0) is 19.2. The van der Waals surface area contributed by atoms with Gasteiger partial charge in [0.05, 0.1) is 10.6 Å². The summed E-state index contributed by atoms with van der Waals surface area (Å²) in [6, 6.07) is 11.7. The van der Waals surface area contributed by atoms with Crippen molar-refractivity contribution in [2.45, 2.75) is 11.5 Å². The molecule has 2 aromatic rings. The van der Waals surface area contributed by atoms with E-state index in [9.17, 15) is 22.0 Å². The van der Waals surface area contributed by atoms with Crippen LogP contribution in [0.1, 0.15) is 5.56 Å². The first-order valence-corrected chi connectivity index (χ1v) is 8.86. The average molecular weight is 382 g/mol. The molecule has 0 aliphatic carbocycles. The number of nitrogens with one attached hydrogen (secondary N) is 2. The predicted octanol–water partition coefficient (Wildman–Crippen LogP) is 2.85. The van der Waals surface area contributed by atoms with Gasteiger partial charge in [0.15, 0.2) is 0 Å². The molecule has 0 radical (unpaired) electrons. The number of anilines is 1. The molecule has 138 valence electrons. The van der Waals surface area contributed by atoms with Crippen molar-refractivity contribution in [1.29, 1.82) is 0 Å². The lowest BCUT2D eigenvalue weighted by molar-refractivity contribution is -0.111. The third-order valence-electron chi connectivity index (χ3n) is 3.25. The van der Waals surface area contributed by atoms with E-state index in [0.717, 1.165) is 0 Å². The first-order valence-electron chi connectivity index (χ1n) is 7.38. The maximum absolute atomic E-state index is 12.4. The Morgan fingerprint density at radius 3 is 2.38 bits per heavy atom. The number of para-hydroxylation sites is 2. The van der Waals surface area contributed by atoms with E-state index in [2.05, 4.69) is 14.8 Å². The molecule has 26 heavy (non-hydrogen) atoms. The molecule has 2 aromatic carbocycles. The Bertz CT molecular complexity index is 897. The molecule has 9 heteroatoms. The van der Waals surface area contributed by atoms with Crippen molar-refractivity contribution in [2.75, 3.05) is 12.4 Å². The van der Waals surface area contributed by atoms with Crippen molar-refractivity contribution >= 4 is 27.7 Å². The molecule has 0 bridgehead atoms. The second kappa shape index (κ2) is 8.54. The van der Waals surface area contributed by atoms with Gasteiger partial charge in [-0.1, -0.05) is 24.3 Å². The fraction of sp³-hybridized carbons (Fsp3) is 0.118. The van der Waals surface area contributed by atoms with E-state index in [4.69, 9.17) is 0 Å². The van der Waals surface area contributed by atoms with Crippen molar-refractivity contribution in [3.8, 4) is 5.75 Å². The standard InChI is InChI=1S/C17H16F2N2O4S/c1-20-26(23,24)13-9-6-12(7-10-13)8-11-16(22)21-14-4-2-3-5-15(14)25-17(18)19/h2-11,17,20H,1H3,(H,21,22)/b11-8+. The lowest BCUT2D eigenvalue weighted by Crippen LogP contribution is -2.18. The Kier molecular flexibility index (Phi) is 6.42. The maximum atomic E-state index is 12.4. The van der Waals surface area contributed by atoms with Crippen LogP contribution in [0.4, 0.5) is 14.5 Å². The average Bonchev–Trinajstić information content (AvgIpc) is 2.61. The molecule has 2 rings (SSSR count). The maximum Gasteiger partial charge on any atom is 0.387 e. The summed E-state index contributed by atoms with van der Waals surface area (Å²) in [5, 5.41) is 2.44. The minimum Gasteiger partial charge on any atom is -0.433 e. The van der Waals surface area contributed by atoms with Crippen molar-refractivity contribution in [3.05, 3.63) is 60.2 Å². The van der Waals surface area contributed by atoms with E-state index in [0.29, 0.717) is 5.56 Å². The molecule has 0 aromatic heterocycles. The molecule has 0 spiro atoms. The summed E-state index contributed by atoms with van der Waals surface area (Å²) in [4.78, 5) is 12.0. The third-order valence-corrected chi connectivity index (χ3v) is 4.68. The predicted molar refractivity (Wildman–Crippen MR) is 93.4 cm³/mol. The number of hydrogen-bond donors (Lipinski definition) is 2. The molecular weight excluding hydrogens is 366 g/mol. The number of carbonyl (C=O) groups excluding carboxylic acids is 1. The Balaban J connectivity index is 2.06. The number of halogens is 2. The van der Waals surface area contributed by atoms with E-state index >= 15 is 0 Å². The van der Waals surface area contributed by atoms with Gasteiger partial charge in [-0.3, -0.25) is 4.79 Å². The molecular formula is C17H16F2N2O4S. The summed E-state index contributed by atoms with van der Waals surface area (Å²) < 4.78 is 54.5. The van der Waals surface area contributed by atoms with Crippen molar-refractivity contribution in [2.24, 2.45) is 0 Å². The number of hydrogen-bond acceptors (Lipinski definition) is 4. The minimum absolute atomic E-state index is 0.0969. The van der Waals surface area contributed by atoms with Gasteiger partial charge in [-0.15, -0.1) is 0 Å². The highest BCUT2D eigenvalue weighted by Gasteiger charge is 2.11. The smallest absolute Gasteiger partial charge is 0.387 e. The van der Waals surface area contributed by atoms with E-state index in [1.807, 2.05) is 0 Å². The zero-order valence-electron chi connectivity index (χ0n) is 13.6. The Morgan fingerprint density at radius 1 is 1.12 bits per heavy atom. The summed E-state index contributed by atoms with van der Waals surface area (Å²) in [6.07, 6.45) is 2.66. The molecule has 0 unspecified atom stereocenters. The van der Waals surface area contributed by atoms with Crippen LogP contribution < -0.4 is 14.8 Å². The number of rotatable bonds is 7. The summed E-state index contributed by atoms with van der Waals surface area (Å²) in [7, 11) is -2.22. The van der Waals surface area contributed by atoms with Crippen LogP contribution in [0.25, 0.3) is 6.08 Å². The zero-order valence-corrected chi connectivity index (χ0v) is 14.5. The van der Waals surface area contributed by atoms with Crippen LogP contribution in [-0.2, 0) is 14.8 Å². The van der Waals surface area contributed by atoms with Gasteiger partial charge in [-0.2, -0.15) is 8.78 Å².